The van der Waals surface area contributed by atoms with E-state index in [-0.39, 0.29) is 25.4 Å². The van der Waals surface area contributed by atoms with Crippen LogP contribution in [-0.4, -0.2) is 28.1 Å². The Morgan fingerprint density at radius 3 is 2.37 bits per heavy atom. The molecule has 0 amide bonds. The van der Waals surface area contributed by atoms with E-state index in [1.165, 1.54) is 29.2 Å². The van der Waals surface area contributed by atoms with E-state index in [4.69, 9.17) is 9.88 Å². The summed E-state index contributed by atoms with van der Waals surface area (Å²) in [6.45, 7) is 0.454. The van der Waals surface area contributed by atoms with Crippen LogP contribution in [0.2, 0.25) is 0 Å². The number of halogens is 4. The molecule has 27 heavy (non-hydrogen) atoms. The van der Waals surface area contributed by atoms with Crippen LogP contribution in [0.5, 0.6) is 0 Å². The van der Waals surface area contributed by atoms with Crippen LogP contribution in [0.3, 0.4) is 0 Å². The van der Waals surface area contributed by atoms with Crippen molar-refractivity contribution in [2.75, 3.05) is 24.6 Å². The predicted octanol–water partition coefficient (Wildman–Crippen LogP) is 3.07. The quantitative estimate of drug-likeness (QED) is 0.798. The van der Waals surface area contributed by atoms with E-state index < -0.39 is 38.6 Å². The van der Waals surface area contributed by atoms with Crippen LogP contribution >= 0.6 is 0 Å². The average Bonchev–Trinajstić information content (AvgIpc) is 2.60. The van der Waals surface area contributed by atoms with Crippen LogP contribution in [0, 0.1) is 5.82 Å². The van der Waals surface area contributed by atoms with Crippen LogP contribution in [0.15, 0.2) is 47.4 Å². The van der Waals surface area contributed by atoms with E-state index in [0.717, 1.165) is 12.1 Å². The van der Waals surface area contributed by atoms with E-state index >= 15 is 0 Å². The molecule has 0 radical (unpaired) electrons. The minimum Gasteiger partial charge on any atom is -0.370 e. The number of hydrogen-bond acceptors (Lipinski definition) is 4. The van der Waals surface area contributed by atoms with Crippen molar-refractivity contribution in [1.29, 1.82) is 0 Å². The number of morpholine rings is 1. The summed E-state index contributed by atoms with van der Waals surface area (Å²) in [5.41, 5.74) is -0.616. The highest BCUT2D eigenvalue weighted by Gasteiger charge is 2.37. The van der Waals surface area contributed by atoms with Crippen LogP contribution in [0.1, 0.15) is 17.2 Å². The highest BCUT2D eigenvalue weighted by Crippen LogP contribution is 2.39. The van der Waals surface area contributed by atoms with Gasteiger partial charge in [-0.05, 0) is 35.9 Å². The molecule has 1 atom stereocenters. The van der Waals surface area contributed by atoms with Gasteiger partial charge in [-0.3, -0.25) is 0 Å². The third-order valence-corrected chi connectivity index (χ3v) is 5.16. The SMILES string of the molecule is NS(=O)(=O)c1ccc(N2CCOC(c3ccc(F)cc3)C2)c(C(F)(F)F)c1. The number of nitrogens with two attached hydrogens (primary N) is 1. The van der Waals surface area contributed by atoms with Gasteiger partial charge in [0, 0.05) is 18.8 Å². The molecule has 1 fully saturated rings. The number of alkyl halides is 3. The van der Waals surface area contributed by atoms with Crippen molar-refractivity contribution in [3.8, 4) is 0 Å². The molecule has 0 bridgehead atoms. The number of nitrogens with zero attached hydrogens (tertiary/aromatic N) is 1. The molecule has 0 aromatic heterocycles. The van der Waals surface area contributed by atoms with Gasteiger partial charge in [0.2, 0.25) is 10.0 Å². The minimum atomic E-state index is -4.76. The maximum Gasteiger partial charge on any atom is 0.418 e. The number of benzene rings is 2. The number of rotatable bonds is 3. The molecular weight excluding hydrogens is 388 g/mol. The van der Waals surface area contributed by atoms with Gasteiger partial charge in [0.15, 0.2) is 0 Å². The van der Waals surface area contributed by atoms with E-state index in [2.05, 4.69) is 0 Å². The first-order valence-corrected chi connectivity index (χ1v) is 9.46. The second-order valence-corrected chi connectivity index (χ2v) is 7.64. The van der Waals surface area contributed by atoms with Crippen LogP contribution in [0.25, 0.3) is 0 Å². The second-order valence-electron chi connectivity index (χ2n) is 6.08. The molecule has 0 saturated carbocycles. The van der Waals surface area contributed by atoms with E-state index in [0.29, 0.717) is 11.6 Å². The van der Waals surface area contributed by atoms with Gasteiger partial charge in [0.1, 0.15) is 11.9 Å². The molecule has 1 saturated heterocycles. The lowest BCUT2D eigenvalue weighted by atomic mass is 10.1. The zero-order valence-electron chi connectivity index (χ0n) is 13.9. The molecule has 1 heterocycles. The van der Waals surface area contributed by atoms with E-state index in [9.17, 15) is 26.0 Å². The molecule has 146 valence electrons. The summed E-state index contributed by atoms with van der Waals surface area (Å²) in [5, 5.41) is 4.95. The van der Waals surface area contributed by atoms with Crippen LogP contribution in [0.4, 0.5) is 23.2 Å². The monoisotopic (exact) mass is 404 g/mol. The summed E-state index contributed by atoms with van der Waals surface area (Å²) in [4.78, 5) is 0.856. The molecule has 1 aliphatic heterocycles. The van der Waals surface area contributed by atoms with Crippen molar-refractivity contribution in [2.24, 2.45) is 5.14 Å². The van der Waals surface area contributed by atoms with Gasteiger partial charge in [-0.15, -0.1) is 0 Å². The Morgan fingerprint density at radius 2 is 1.78 bits per heavy atom. The molecule has 5 nitrogen and oxygen atoms in total. The van der Waals surface area contributed by atoms with Gasteiger partial charge in [0.05, 0.1) is 17.1 Å². The molecule has 2 N–H and O–H groups in total. The van der Waals surface area contributed by atoms with Gasteiger partial charge in [0.25, 0.3) is 0 Å². The summed E-state index contributed by atoms with van der Waals surface area (Å²) in [5.74, 6) is -0.427. The second kappa shape index (κ2) is 7.10. The van der Waals surface area contributed by atoms with Crippen molar-refractivity contribution in [1.82, 2.24) is 0 Å². The summed E-state index contributed by atoms with van der Waals surface area (Å²) in [6, 6.07) is 8.20. The van der Waals surface area contributed by atoms with Crippen LogP contribution < -0.4 is 10.0 Å². The van der Waals surface area contributed by atoms with Crippen molar-refractivity contribution in [2.45, 2.75) is 17.2 Å². The molecule has 2 aromatic carbocycles. The Morgan fingerprint density at radius 1 is 1.11 bits per heavy atom. The van der Waals surface area contributed by atoms with Gasteiger partial charge in [-0.1, -0.05) is 12.1 Å². The van der Waals surface area contributed by atoms with E-state index in [1.54, 1.807) is 0 Å². The van der Waals surface area contributed by atoms with Gasteiger partial charge < -0.3 is 9.64 Å². The van der Waals surface area contributed by atoms with Crippen molar-refractivity contribution in [3.63, 3.8) is 0 Å². The molecule has 2 aromatic rings. The molecule has 1 aliphatic rings. The molecule has 0 spiro atoms. The van der Waals surface area contributed by atoms with Gasteiger partial charge >= 0.3 is 6.18 Å². The van der Waals surface area contributed by atoms with Gasteiger partial charge in [-0.2, -0.15) is 13.2 Å². The number of hydrogen-bond donors (Lipinski definition) is 1. The predicted molar refractivity (Wildman–Crippen MR) is 90.1 cm³/mol. The molecular formula is C17H16F4N2O3S. The average molecular weight is 404 g/mol. The largest absolute Gasteiger partial charge is 0.418 e. The van der Waals surface area contributed by atoms with Crippen LogP contribution in [-0.2, 0) is 20.9 Å². The Balaban J connectivity index is 1.96. The summed E-state index contributed by atoms with van der Waals surface area (Å²) in [7, 11) is -4.27. The topological polar surface area (TPSA) is 72.6 Å². The normalized spacial score (nSPS) is 18.6. The summed E-state index contributed by atoms with van der Waals surface area (Å²) < 4.78 is 82.0. The Bertz CT molecular complexity index is 930. The molecule has 0 aliphatic carbocycles. The summed E-state index contributed by atoms with van der Waals surface area (Å²) in [6.07, 6.45) is -5.31. The highest BCUT2D eigenvalue weighted by atomic mass is 32.2. The lowest BCUT2D eigenvalue weighted by Crippen LogP contribution is -2.39. The Labute approximate surface area is 153 Å². The maximum atomic E-state index is 13.5. The molecule has 1 unspecified atom stereocenters. The van der Waals surface area contributed by atoms with E-state index in [1.807, 2.05) is 0 Å². The number of anilines is 1. The summed E-state index contributed by atoms with van der Waals surface area (Å²) >= 11 is 0. The smallest absolute Gasteiger partial charge is 0.370 e. The lowest BCUT2D eigenvalue weighted by Gasteiger charge is -2.36. The van der Waals surface area contributed by atoms with Crippen molar-refractivity contribution < 1.29 is 30.7 Å². The zero-order valence-corrected chi connectivity index (χ0v) is 14.7. The maximum absolute atomic E-state index is 13.5. The zero-order chi connectivity index (χ0) is 19.8. The number of primary sulfonamides is 1. The fourth-order valence-electron chi connectivity index (χ4n) is 2.94. The van der Waals surface area contributed by atoms with Crippen molar-refractivity contribution in [3.05, 3.63) is 59.4 Å². The first-order chi connectivity index (χ1) is 12.6. The first-order valence-electron chi connectivity index (χ1n) is 7.92. The van der Waals surface area contributed by atoms with Gasteiger partial charge in [-0.25, -0.2) is 17.9 Å². The third-order valence-electron chi connectivity index (χ3n) is 4.25. The number of ether oxygens (including phenoxy) is 1. The fraction of sp³-hybridized carbons (Fsp3) is 0.294. The molecule has 10 heteroatoms. The Kier molecular flexibility index (Phi) is 5.15. The Hall–Kier alpha value is -2.17. The first kappa shape index (κ1) is 19.6. The highest BCUT2D eigenvalue weighted by molar-refractivity contribution is 7.89. The standard InChI is InChI=1S/C17H16F4N2O3S/c18-12-3-1-11(2-4-12)16-10-23(7-8-26-16)15-6-5-13(27(22,24)25)9-14(15)17(19,20)21/h1-6,9,16H,7-8,10H2,(H2,22,24,25). The lowest BCUT2D eigenvalue weighted by molar-refractivity contribution is -0.137. The number of sulfonamides is 1. The third kappa shape index (κ3) is 4.40. The van der Waals surface area contributed by atoms with Crippen molar-refractivity contribution >= 4 is 15.7 Å². The fourth-order valence-corrected chi connectivity index (χ4v) is 3.48. The minimum absolute atomic E-state index is 0.101. The molecule has 3 rings (SSSR count).